The number of esters is 1. The number of amides is 1. The average Bonchev–Trinajstić information content (AvgIpc) is 2.72. The third-order valence-electron chi connectivity index (χ3n) is 5.00. The molecule has 0 aliphatic carbocycles. The summed E-state index contributed by atoms with van der Waals surface area (Å²) in [6.07, 6.45) is 8.97. The van der Waals surface area contributed by atoms with Gasteiger partial charge >= 0.3 is 11.9 Å². The second-order valence-corrected chi connectivity index (χ2v) is 7.57. The summed E-state index contributed by atoms with van der Waals surface area (Å²) in [5, 5.41) is 8.46. The van der Waals surface area contributed by atoms with E-state index in [1.807, 2.05) is 13.8 Å². The molecule has 1 aromatic rings. The lowest BCUT2D eigenvalue weighted by atomic mass is 10.0. The van der Waals surface area contributed by atoms with E-state index in [4.69, 9.17) is 9.84 Å². The van der Waals surface area contributed by atoms with Gasteiger partial charge in [-0.25, -0.2) is 0 Å². The van der Waals surface area contributed by atoms with Gasteiger partial charge in [-0.3, -0.25) is 14.4 Å². The number of ether oxygens (including phenoxy) is 1. The summed E-state index contributed by atoms with van der Waals surface area (Å²) in [7, 11) is 0. The highest BCUT2D eigenvalue weighted by atomic mass is 16.5. The van der Waals surface area contributed by atoms with E-state index in [9.17, 15) is 14.4 Å². The van der Waals surface area contributed by atoms with Crippen LogP contribution in [0, 0.1) is 0 Å². The van der Waals surface area contributed by atoms with Gasteiger partial charge in [0.1, 0.15) is 6.42 Å². The maximum Gasteiger partial charge on any atom is 0.317 e. The molecule has 0 bridgehead atoms. The fourth-order valence-electron chi connectivity index (χ4n) is 3.11. The van der Waals surface area contributed by atoms with Gasteiger partial charge in [0.25, 0.3) is 0 Å². The van der Waals surface area contributed by atoms with Crippen LogP contribution in [0.25, 0.3) is 0 Å². The molecule has 0 aliphatic rings. The predicted molar refractivity (Wildman–Crippen MR) is 124 cm³/mol. The number of hydrogen-bond donors (Lipinski definition) is 1. The fourth-order valence-corrected chi connectivity index (χ4v) is 3.11. The number of hydrogen-bond acceptors (Lipinski definition) is 4. The molecule has 176 valence electrons. The van der Waals surface area contributed by atoms with Crippen LogP contribution < -0.4 is 0 Å². The van der Waals surface area contributed by atoms with Gasteiger partial charge in [-0.05, 0) is 37.8 Å². The van der Waals surface area contributed by atoms with Crippen molar-refractivity contribution in [3.8, 4) is 0 Å². The minimum absolute atomic E-state index is 0.162. The van der Waals surface area contributed by atoms with Crippen LogP contribution in [0.2, 0.25) is 0 Å². The van der Waals surface area contributed by atoms with Crippen molar-refractivity contribution in [2.24, 2.45) is 0 Å². The maximum atomic E-state index is 11.1. The van der Waals surface area contributed by atoms with Crippen LogP contribution in [0.3, 0.4) is 0 Å². The monoisotopic (exact) mass is 435 g/mol. The van der Waals surface area contributed by atoms with Gasteiger partial charge in [-0.1, -0.05) is 63.3 Å². The minimum atomic E-state index is -1.16. The predicted octanol–water partition coefficient (Wildman–Crippen LogP) is 5.02. The first-order valence-corrected chi connectivity index (χ1v) is 11.5. The summed E-state index contributed by atoms with van der Waals surface area (Å²) >= 11 is 0. The molecule has 31 heavy (non-hydrogen) atoms. The zero-order chi connectivity index (χ0) is 23.5. The number of carboxylic acids is 1. The first-order valence-electron chi connectivity index (χ1n) is 11.5. The van der Waals surface area contributed by atoms with Crippen LogP contribution >= 0.6 is 0 Å². The largest absolute Gasteiger partial charge is 0.481 e. The molecule has 0 spiro atoms. The molecule has 0 heterocycles. The second kappa shape index (κ2) is 18.4. The SMILES string of the molecule is CCCCCCCCc1ccc(CCOC(=O)CC(=O)O)cc1.CCN(CC)C(C)=O. The van der Waals surface area contributed by atoms with Gasteiger partial charge in [-0.2, -0.15) is 0 Å². The van der Waals surface area contributed by atoms with Gasteiger partial charge in [0.05, 0.1) is 6.61 Å². The maximum absolute atomic E-state index is 11.1. The number of aryl methyl sites for hydroxylation is 1. The van der Waals surface area contributed by atoms with E-state index in [2.05, 4.69) is 31.2 Å². The molecule has 0 unspecified atom stereocenters. The van der Waals surface area contributed by atoms with Gasteiger partial charge in [0.2, 0.25) is 5.91 Å². The van der Waals surface area contributed by atoms with Crippen molar-refractivity contribution in [2.75, 3.05) is 19.7 Å². The Labute approximate surface area is 188 Å². The molecule has 0 radical (unpaired) electrons. The molecule has 0 fully saturated rings. The third-order valence-corrected chi connectivity index (χ3v) is 5.00. The number of carbonyl (C=O) groups excluding carboxylic acids is 2. The topological polar surface area (TPSA) is 83.9 Å². The molecule has 6 nitrogen and oxygen atoms in total. The summed E-state index contributed by atoms with van der Waals surface area (Å²) in [6.45, 7) is 9.65. The van der Waals surface area contributed by atoms with Crippen LogP contribution in [-0.4, -0.2) is 47.5 Å². The summed E-state index contributed by atoms with van der Waals surface area (Å²) in [5.41, 5.74) is 2.44. The smallest absolute Gasteiger partial charge is 0.317 e. The number of unbranched alkanes of at least 4 members (excludes halogenated alkanes) is 5. The van der Waals surface area contributed by atoms with Crippen LogP contribution in [0.15, 0.2) is 24.3 Å². The van der Waals surface area contributed by atoms with E-state index in [1.165, 1.54) is 44.1 Å². The van der Waals surface area contributed by atoms with Crippen molar-refractivity contribution in [3.05, 3.63) is 35.4 Å². The molecular weight excluding hydrogens is 394 g/mol. The van der Waals surface area contributed by atoms with E-state index in [0.29, 0.717) is 6.42 Å². The number of carbonyl (C=O) groups is 3. The molecule has 6 heteroatoms. The molecule has 1 aromatic carbocycles. The number of aliphatic carboxylic acids is 1. The lowest BCUT2D eigenvalue weighted by Crippen LogP contribution is -2.27. The standard InChI is InChI=1S/C19H28O4.C6H13NO/c1-2-3-4-5-6-7-8-16-9-11-17(12-10-16)13-14-23-19(22)15-18(20)21;1-4-7(5-2)6(3)8/h9-12H,2-8,13-15H2,1H3,(H,20,21);4-5H2,1-3H3. The number of nitrogens with zero attached hydrogens (tertiary/aromatic N) is 1. The highest BCUT2D eigenvalue weighted by Crippen LogP contribution is 2.11. The first-order chi connectivity index (χ1) is 14.8. The minimum Gasteiger partial charge on any atom is -0.481 e. The summed E-state index contributed by atoms with van der Waals surface area (Å²) in [6, 6.07) is 8.36. The third kappa shape index (κ3) is 16.0. The molecule has 0 atom stereocenters. The number of carboxylic acid groups (broad SMARTS) is 1. The molecule has 1 rings (SSSR count). The molecule has 1 amide bonds. The van der Waals surface area contributed by atoms with E-state index in [1.54, 1.807) is 11.8 Å². The number of rotatable bonds is 14. The van der Waals surface area contributed by atoms with E-state index < -0.39 is 18.4 Å². The molecule has 0 saturated carbocycles. The molecular formula is C25H41NO5. The quantitative estimate of drug-likeness (QED) is 0.252. The number of benzene rings is 1. The Balaban J connectivity index is 0.000000954. The van der Waals surface area contributed by atoms with E-state index in [-0.39, 0.29) is 12.5 Å². The van der Waals surface area contributed by atoms with E-state index >= 15 is 0 Å². The lowest BCUT2D eigenvalue weighted by molar-refractivity contribution is -0.151. The summed E-state index contributed by atoms with van der Waals surface area (Å²) in [4.78, 5) is 33.8. The van der Waals surface area contributed by atoms with Crippen molar-refractivity contribution in [3.63, 3.8) is 0 Å². The van der Waals surface area contributed by atoms with Crippen molar-refractivity contribution < 1.29 is 24.2 Å². The Kier molecular flexibility index (Phi) is 17.0. The highest BCUT2D eigenvalue weighted by molar-refractivity contribution is 5.90. The van der Waals surface area contributed by atoms with Crippen molar-refractivity contribution in [1.82, 2.24) is 4.90 Å². The Bertz CT molecular complexity index is 623. The van der Waals surface area contributed by atoms with Crippen LogP contribution in [0.4, 0.5) is 0 Å². The molecule has 0 aliphatic heterocycles. The lowest BCUT2D eigenvalue weighted by Gasteiger charge is -2.14. The van der Waals surface area contributed by atoms with Crippen LogP contribution in [-0.2, 0) is 32.0 Å². The zero-order valence-electron chi connectivity index (χ0n) is 19.8. The summed E-state index contributed by atoms with van der Waals surface area (Å²) in [5.74, 6) is -1.68. The second-order valence-electron chi connectivity index (χ2n) is 7.57. The van der Waals surface area contributed by atoms with E-state index in [0.717, 1.165) is 25.1 Å². The van der Waals surface area contributed by atoms with Crippen LogP contribution in [0.5, 0.6) is 0 Å². The van der Waals surface area contributed by atoms with Crippen molar-refractivity contribution in [2.45, 2.75) is 85.5 Å². The Hall–Kier alpha value is -2.37. The molecule has 1 N–H and O–H groups in total. The van der Waals surface area contributed by atoms with Gasteiger partial charge in [0, 0.05) is 26.4 Å². The fraction of sp³-hybridized carbons (Fsp3) is 0.640. The van der Waals surface area contributed by atoms with Crippen molar-refractivity contribution in [1.29, 1.82) is 0 Å². The van der Waals surface area contributed by atoms with Gasteiger partial charge < -0.3 is 14.7 Å². The van der Waals surface area contributed by atoms with Gasteiger partial charge in [-0.15, -0.1) is 0 Å². The van der Waals surface area contributed by atoms with Crippen molar-refractivity contribution >= 4 is 17.8 Å². The Morgan fingerprint density at radius 3 is 1.81 bits per heavy atom. The summed E-state index contributed by atoms with van der Waals surface area (Å²) < 4.78 is 4.88. The highest BCUT2D eigenvalue weighted by Gasteiger charge is 2.08. The molecule has 0 aromatic heterocycles. The average molecular weight is 436 g/mol. The van der Waals surface area contributed by atoms with Crippen LogP contribution in [0.1, 0.15) is 83.8 Å². The zero-order valence-corrected chi connectivity index (χ0v) is 19.8. The van der Waals surface area contributed by atoms with Gasteiger partial charge in [0.15, 0.2) is 0 Å². The first kappa shape index (κ1) is 28.6. The normalized spacial score (nSPS) is 10.1. The molecule has 0 saturated heterocycles. The Morgan fingerprint density at radius 2 is 1.35 bits per heavy atom. The Morgan fingerprint density at radius 1 is 0.839 bits per heavy atom.